The standard InChI is InChI=1S/C48H29N5S/c1-3-14-30(15-4-1)43-42-37-20-8-11-24-40(37)53(44(42)36-19-7-10-23-39(36)49-43)33-28-26-32(27-29-33)47-50-46(31-16-5-2-6-17-31)51-48(52-47)38-22-13-21-35-34-18-9-12-25-41(34)54-45(35)38/h1-29H. The van der Waals surface area contributed by atoms with E-state index in [0.29, 0.717) is 17.5 Å². The monoisotopic (exact) mass is 707 g/mol. The number of pyridine rings is 1. The quantitative estimate of drug-likeness (QED) is 0.179. The molecule has 6 heteroatoms. The van der Waals surface area contributed by atoms with Crippen molar-refractivity contribution in [2.45, 2.75) is 0 Å². The zero-order valence-corrected chi connectivity index (χ0v) is 29.7. The van der Waals surface area contributed by atoms with E-state index in [4.69, 9.17) is 19.9 Å². The Labute approximate surface area is 314 Å². The Kier molecular flexibility index (Phi) is 6.97. The van der Waals surface area contributed by atoms with Crippen LogP contribution in [0.1, 0.15) is 0 Å². The molecule has 5 nitrogen and oxygen atoms in total. The summed E-state index contributed by atoms with van der Waals surface area (Å²) < 4.78 is 4.80. The summed E-state index contributed by atoms with van der Waals surface area (Å²) in [5.74, 6) is 1.94. The van der Waals surface area contributed by atoms with Gasteiger partial charge in [-0.05, 0) is 48.5 Å². The van der Waals surface area contributed by atoms with Gasteiger partial charge < -0.3 is 4.57 Å². The van der Waals surface area contributed by atoms with E-state index in [1.165, 1.54) is 25.6 Å². The van der Waals surface area contributed by atoms with Crippen LogP contribution in [0.4, 0.5) is 0 Å². The van der Waals surface area contributed by atoms with Crippen molar-refractivity contribution in [2.24, 2.45) is 0 Å². The van der Waals surface area contributed by atoms with Gasteiger partial charge in [-0.25, -0.2) is 19.9 Å². The number of nitrogens with zero attached hydrogens (tertiary/aromatic N) is 5. The van der Waals surface area contributed by atoms with E-state index in [1.807, 2.05) is 18.2 Å². The smallest absolute Gasteiger partial charge is 0.165 e. The molecule has 11 aromatic rings. The average Bonchev–Trinajstić information content (AvgIpc) is 3.81. The molecule has 0 spiro atoms. The fourth-order valence-corrected chi connectivity index (χ4v) is 8.99. The Morgan fingerprint density at radius 3 is 1.78 bits per heavy atom. The lowest BCUT2D eigenvalue weighted by Crippen LogP contribution is -2.01. The van der Waals surface area contributed by atoms with Gasteiger partial charge in [0.1, 0.15) is 0 Å². The lowest BCUT2D eigenvalue weighted by molar-refractivity contribution is 1.08. The van der Waals surface area contributed by atoms with Crippen molar-refractivity contribution in [3.05, 3.63) is 176 Å². The molecule has 0 bridgehead atoms. The molecule has 0 aliphatic heterocycles. The molecule has 0 aliphatic carbocycles. The van der Waals surface area contributed by atoms with Gasteiger partial charge in [0.05, 0.1) is 22.2 Å². The summed E-state index contributed by atoms with van der Waals surface area (Å²) in [4.78, 5) is 20.6. The van der Waals surface area contributed by atoms with Gasteiger partial charge in [0, 0.05) is 64.3 Å². The molecule has 4 aromatic heterocycles. The first-order valence-corrected chi connectivity index (χ1v) is 18.8. The predicted octanol–water partition coefficient (Wildman–Crippen LogP) is 12.6. The summed E-state index contributed by atoms with van der Waals surface area (Å²) in [5, 5.41) is 5.88. The lowest BCUT2D eigenvalue weighted by atomic mass is 10.0. The molecule has 0 N–H and O–H groups in total. The minimum Gasteiger partial charge on any atom is -0.308 e. The van der Waals surface area contributed by atoms with Gasteiger partial charge in [-0.2, -0.15) is 0 Å². The van der Waals surface area contributed by atoms with Crippen LogP contribution >= 0.6 is 11.3 Å². The highest BCUT2D eigenvalue weighted by molar-refractivity contribution is 7.26. The van der Waals surface area contributed by atoms with Crippen LogP contribution in [0.3, 0.4) is 0 Å². The minimum absolute atomic E-state index is 0.631. The van der Waals surface area contributed by atoms with Crippen LogP contribution < -0.4 is 0 Å². The molecule has 0 unspecified atom stereocenters. The summed E-state index contributed by atoms with van der Waals surface area (Å²) in [6, 6.07) is 61.3. The van der Waals surface area contributed by atoms with Crippen molar-refractivity contribution >= 4 is 64.2 Å². The van der Waals surface area contributed by atoms with Gasteiger partial charge in [0.2, 0.25) is 0 Å². The van der Waals surface area contributed by atoms with Gasteiger partial charge in [0.15, 0.2) is 17.5 Å². The summed E-state index contributed by atoms with van der Waals surface area (Å²) in [7, 11) is 0. The maximum atomic E-state index is 5.25. The van der Waals surface area contributed by atoms with Crippen molar-refractivity contribution in [3.8, 4) is 51.1 Å². The average molecular weight is 708 g/mol. The Bertz CT molecular complexity index is 3200. The van der Waals surface area contributed by atoms with Crippen molar-refractivity contribution in [2.75, 3.05) is 0 Å². The summed E-state index contributed by atoms with van der Waals surface area (Å²) in [6.07, 6.45) is 0. The maximum Gasteiger partial charge on any atom is 0.165 e. The number of aromatic nitrogens is 5. The van der Waals surface area contributed by atoms with Gasteiger partial charge in [-0.3, -0.25) is 0 Å². The molecule has 11 rings (SSSR count). The van der Waals surface area contributed by atoms with Crippen molar-refractivity contribution in [3.63, 3.8) is 0 Å². The summed E-state index contributed by atoms with van der Waals surface area (Å²) in [5.41, 5.74) is 9.22. The highest BCUT2D eigenvalue weighted by Gasteiger charge is 2.21. The van der Waals surface area contributed by atoms with Crippen molar-refractivity contribution in [1.29, 1.82) is 0 Å². The second-order valence-corrected chi connectivity index (χ2v) is 14.5. The predicted molar refractivity (Wildman–Crippen MR) is 224 cm³/mol. The third kappa shape index (κ3) is 4.85. The van der Waals surface area contributed by atoms with E-state index in [0.717, 1.165) is 61.0 Å². The normalized spacial score (nSPS) is 11.7. The molecule has 54 heavy (non-hydrogen) atoms. The lowest BCUT2D eigenvalue weighted by Gasteiger charge is -2.13. The van der Waals surface area contributed by atoms with Gasteiger partial charge in [0.25, 0.3) is 0 Å². The molecule has 0 atom stereocenters. The molecule has 0 amide bonds. The Morgan fingerprint density at radius 2 is 1.00 bits per heavy atom. The maximum absolute atomic E-state index is 5.25. The van der Waals surface area contributed by atoms with E-state index in [2.05, 4.69) is 162 Å². The van der Waals surface area contributed by atoms with Crippen molar-refractivity contribution in [1.82, 2.24) is 24.5 Å². The Hall–Kier alpha value is -7.02. The highest BCUT2D eigenvalue weighted by Crippen LogP contribution is 2.42. The van der Waals surface area contributed by atoms with E-state index < -0.39 is 0 Å². The van der Waals surface area contributed by atoms with Gasteiger partial charge in [-0.15, -0.1) is 11.3 Å². The second kappa shape index (κ2) is 12.3. The second-order valence-electron chi connectivity index (χ2n) is 13.4. The number of benzene rings is 7. The molecule has 0 aliphatic rings. The summed E-state index contributed by atoms with van der Waals surface area (Å²) >= 11 is 1.78. The Balaban J connectivity index is 1.11. The fraction of sp³-hybridized carbons (Fsp3) is 0. The van der Waals surface area contributed by atoms with Gasteiger partial charge >= 0.3 is 0 Å². The van der Waals surface area contributed by atoms with E-state index in [9.17, 15) is 0 Å². The largest absolute Gasteiger partial charge is 0.308 e. The van der Waals surface area contributed by atoms with Crippen LogP contribution in [-0.2, 0) is 0 Å². The van der Waals surface area contributed by atoms with Crippen LogP contribution in [0.2, 0.25) is 0 Å². The third-order valence-corrected chi connectivity index (χ3v) is 11.5. The molecule has 252 valence electrons. The van der Waals surface area contributed by atoms with Crippen LogP contribution in [0, 0.1) is 0 Å². The van der Waals surface area contributed by atoms with Crippen LogP contribution in [0.25, 0.3) is 104 Å². The van der Waals surface area contributed by atoms with Crippen LogP contribution in [-0.4, -0.2) is 24.5 Å². The SMILES string of the molecule is c1ccc(-c2nc(-c3ccc(-n4c5ccccc5c5c(-c6ccccc6)nc6ccccc6c54)cc3)nc(-c3cccc4c3sc3ccccc34)n2)cc1. The minimum atomic E-state index is 0.631. The molecule has 0 radical (unpaired) electrons. The molecular formula is C48H29N5S. The number of hydrogen-bond donors (Lipinski definition) is 0. The Morgan fingerprint density at radius 1 is 0.407 bits per heavy atom. The van der Waals surface area contributed by atoms with E-state index >= 15 is 0 Å². The highest BCUT2D eigenvalue weighted by atomic mass is 32.1. The molecular weight excluding hydrogens is 679 g/mol. The van der Waals surface area contributed by atoms with Crippen LogP contribution in [0.5, 0.6) is 0 Å². The van der Waals surface area contributed by atoms with E-state index in [1.54, 1.807) is 11.3 Å². The van der Waals surface area contributed by atoms with Crippen molar-refractivity contribution < 1.29 is 0 Å². The number of fused-ring (bicyclic) bond motifs is 8. The fourth-order valence-electron chi connectivity index (χ4n) is 7.78. The first kappa shape index (κ1) is 30.6. The van der Waals surface area contributed by atoms with E-state index in [-0.39, 0.29) is 0 Å². The van der Waals surface area contributed by atoms with Crippen LogP contribution in [0.15, 0.2) is 176 Å². The molecule has 0 fully saturated rings. The number of thiophene rings is 1. The molecule has 4 heterocycles. The summed E-state index contributed by atoms with van der Waals surface area (Å²) in [6.45, 7) is 0. The molecule has 7 aromatic carbocycles. The molecule has 0 saturated carbocycles. The zero-order valence-electron chi connectivity index (χ0n) is 28.9. The first-order valence-electron chi connectivity index (χ1n) is 18.0. The number of para-hydroxylation sites is 2. The zero-order chi connectivity index (χ0) is 35.6. The number of rotatable bonds is 5. The number of hydrogen-bond acceptors (Lipinski definition) is 5. The third-order valence-electron chi connectivity index (χ3n) is 10.2. The van der Waals surface area contributed by atoms with Gasteiger partial charge in [-0.1, -0.05) is 127 Å². The first-order chi connectivity index (χ1) is 26.8. The topological polar surface area (TPSA) is 56.5 Å². The molecule has 0 saturated heterocycles.